The van der Waals surface area contributed by atoms with Crippen LogP contribution in [0.4, 0.5) is 4.39 Å². The summed E-state index contributed by atoms with van der Waals surface area (Å²) in [6, 6.07) is 5.96. The molecule has 2 N–H and O–H groups in total. The van der Waals surface area contributed by atoms with Crippen molar-refractivity contribution in [2.45, 2.75) is 12.5 Å². The molecule has 0 fully saturated rings. The summed E-state index contributed by atoms with van der Waals surface area (Å²) in [5.74, 6) is -0.253. The van der Waals surface area contributed by atoms with E-state index in [9.17, 15) is 4.39 Å². The van der Waals surface area contributed by atoms with Crippen LogP contribution < -0.4 is 5.73 Å². The van der Waals surface area contributed by atoms with Gasteiger partial charge < -0.3 is 15.2 Å². The largest absolute Gasteiger partial charge is 0.385 e. The van der Waals surface area contributed by atoms with Gasteiger partial charge in [0.05, 0.1) is 12.6 Å². The SMILES string of the molecule is COCCCOCC(N)c1ccc(F)cc1. The number of hydrogen-bond acceptors (Lipinski definition) is 3. The van der Waals surface area contributed by atoms with Crippen LogP contribution in [0.15, 0.2) is 24.3 Å². The number of benzene rings is 1. The van der Waals surface area contributed by atoms with Gasteiger partial charge in [0, 0.05) is 20.3 Å². The molecule has 1 aromatic carbocycles. The van der Waals surface area contributed by atoms with E-state index in [1.165, 1.54) is 12.1 Å². The molecule has 0 spiro atoms. The maximum absolute atomic E-state index is 12.7. The van der Waals surface area contributed by atoms with Gasteiger partial charge in [0.1, 0.15) is 5.82 Å². The third-order valence-corrected chi connectivity index (χ3v) is 2.23. The van der Waals surface area contributed by atoms with E-state index in [4.69, 9.17) is 15.2 Å². The molecule has 0 saturated heterocycles. The zero-order valence-electron chi connectivity index (χ0n) is 9.49. The van der Waals surface area contributed by atoms with Gasteiger partial charge in [0.2, 0.25) is 0 Å². The van der Waals surface area contributed by atoms with Crippen molar-refractivity contribution < 1.29 is 13.9 Å². The molecule has 0 amide bonds. The van der Waals surface area contributed by atoms with E-state index in [0.717, 1.165) is 12.0 Å². The molecular formula is C12H18FNO2. The van der Waals surface area contributed by atoms with Crippen LogP contribution in [0.5, 0.6) is 0 Å². The fraction of sp³-hybridized carbons (Fsp3) is 0.500. The molecule has 90 valence electrons. The Morgan fingerprint density at radius 1 is 1.25 bits per heavy atom. The summed E-state index contributed by atoms with van der Waals surface area (Å²) in [5, 5.41) is 0. The molecule has 0 aromatic heterocycles. The van der Waals surface area contributed by atoms with Crippen molar-refractivity contribution in [3.63, 3.8) is 0 Å². The lowest BCUT2D eigenvalue weighted by Crippen LogP contribution is -2.17. The van der Waals surface area contributed by atoms with Crippen molar-refractivity contribution in [1.82, 2.24) is 0 Å². The molecular weight excluding hydrogens is 209 g/mol. The monoisotopic (exact) mass is 227 g/mol. The van der Waals surface area contributed by atoms with E-state index in [2.05, 4.69) is 0 Å². The topological polar surface area (TPSA) is 44.5 Å². The summed E-state index contributed by atoms with van der Waals surface area (Å²) in [6.07, 6.45) is 0.854. The molecule has 0 heterocycles. The standard InChI is InChI=1S/C12H18FNO2/c1-15-7-2-8-16-9-12(14)10-3-5-11(13)6-4-10/h3-6,12H,2,7-9,14H2,1H3. The molecule has 0 bridgehead atoms. The van der Waals surface area contributed by atoms with Crippen LogP contribution in [0.3, 0.4) is 0 Å². The zero-order chi connectivity index (χ0) is 11.8. The van der Waals surface area contributed by atoms with Crippen LogP contribution in [-0.2, 0) is 9.47 Å². The van der Waals surface area contributed by atoms with Crippen LogP contribution in [-0.4, -0.2) is 26.9 Å². The van der Waals surface area contributed by atoms with Crippen molar-refractivity contribution >= 4 is 0 Å². The molecule has 0 radical (unpaired) electrons. The Labute approximate surface area is 95.4 Å². The average Bonchev–Trinajstić information content (AvgIpc) is 2.29. The van der Waals surface area contributed by atoms with Crippen molar-refractivity contribution in [3.05, 3.63) is 35.6 Å². The average molecular weight is 227 g/mol. The van der Waals surface area contributed by atoms with Gasteiger partial charge >= 0.3 is 0 Å². The number of nitrogens with two attached hydrogens (primary N) is 1. The Morgan fingerprint density at radius 2 is 1.94 bits per heavy atom. The lowest BCUT2D eigenvalue weighted by molar-refractivity contribution is 0.0940. The maximum atomic E-state index is 12.7. The van der Waals surface area contributed by atoms with Gasteiger partial charge in [-0.25, -0.2) is 4.39 Å². The summed E-state index contributed by atoms with van der Waals surface area (Å²) in [4.78, 5) is 0. The number of halogens is 1. The van der Waals surface area contributed by atoms with E-state index in [1.807, 2.05) is 0 Å². The van der Waals surface area contributed by atoms with Crippen LogP contribution in [0, 0.1) is 5.82 Å². The second-order valence-electron chi connectivity index (χ2n) is 3.58. The molecule has 0 aliphatic rings. The molecule has 0 aliphatic carbocycles. The quantitative estimate of drug-likeness (QED) is 0.723. The highest BCUT2D eigenvalue weighted by Crippen LogP contribution is 2.11. The first-order valence-corrected chi connectivity index (χ1v) is 5.31. The second-order valence-corrected chi connectivity index (χ2v) is 3.58. The first-order chi connectivity index (χ1) is 7.74. The molecule has 0 saturated carbocycles. The predicted octanol–water partition coefficient (Wildman–Crippen LogP) is 1.88. The summed E-state index contributed by atoms with van der Waals surface area (Å²) >= 11 is 0. The highest BCUT2D eigenvalue weighted by molar-refractivity contribution is 5.19. The number of methoxy groups -OCH3 is 1. The zero-order valence-corrected chi connectivity index (χ0v) is 9.49. The molecule has 1 unspecified atom stereocenters. The summed E-state index contributed by atoms with van der Waals surface area (Å²) < 4.78 is 22.9. The fourth-order valence-corrected chi connectivity index (χ4v) is 1.32. The summed E-state index contributed by atoms with van der Waals surface area (Å²) in [7, 11) is 1.66. The van der Waals surface area contributed by atoms with E-state index in [-0.39, 0.29) is 11.9 Å². The molecule has 1 atom stereocenters. The normalized spacial score (nSPS) is 12.7. The van der Waals surface area contributed by atoms with Crippen LogP contribution in [0.2, 0.25) is 0 Å². The van der Waals surface area contributed by atoms with Gasteiger partial charge in [0.15, 0.2) is 0 Å². The molecule has 16 heavy (non-hydrogen) atoms. The minimum atomic E-state index is -0.253. The van der Waals surface area contributed by atoms with Crippen molar-refractivity contribution in [3.8, 4) is 0 Å². The number of ether oxygens (including phenoxy) is 2. The lowest BCUT2D eigenvalue weighted by Gasteiger charge is -2.12. The molecule has 1 aromatic rings. The van der Waals surface area contributed by atoms with Gasteiger partial charge in [-0.2, -0.15) is 0 Å². The van der Waals surface area contributed by atoms with Crippen molar-refractivity contribution in [1.29, 1.82) is 0 Å². The van der Waals surface area contributed by atoms with E-state index < -0.39 is 0 Å². The Morgan fingerprint density at radius 3 is 2.56 bits per heavy atom. The van der Waals surface area contributed by atoms with E-state index >= 15 is 0 Å². The van der Waals surface area contributed by atoms with Gasteiger partial charge in [-0.1, -0.05) is 12.1 Å². The Hall–Kier alpha value is -0.970. The third-order valence-electron chi connectivity index (χ3n) is 2.23. The second kappa shape index (κ2) is 7.33. The highest BCUT2D eigenvalue weighted by atomic mass is 19.1. The maximum Gasteiger partial charge on any atom is 0.123 e. The minimum Gasteiger partial charge on any atom is -0.385 e. The van der Waals surface area contributed by atoms with Crippen LogP contribution >= 0.6 is 0 Å². The van der Waals surface area contributed by atoms with Crippen LogP contribution in [0.25, 0.3) is 0 Å². The summed E-state index contributed by atoms with van der Waals surface area (Å²) in [5.41, 5.74) is 6.76. The van der Waals surface area contributed by atoms with Gasteiger partial charge in [0.25, 0.3) is 0 Å². The molecule has 3 nitrogen and oxygen atoms in total. The van der Waals surface area contributed by atoms with Gasteiger partial charge in [-0.3, -0.25) is 0 Å². The highest BCUT2D eigenvalue weighted by Gasteiger charge is 2.05. The minimum absolute atomic E-state index is 0.205. The lowest BCUT2D eigenvalue weighted by atomic mass is 10.1. The van der Waals surface area contributed by atoms with Gasteiger partial charge in [-0.15, -0.1) is 0 Å². The van der Waals surface area contributed by atoms with E-state index in [0.29, 0.717) is 19.8 Å². The Balaban J connectivity index is 2.24. The third kappa shape index (κ3) is 4.70. The Bertz CT molecular complexity index is 290. The van der Waals surface area contributed by atoms with Gasteiger partial charge in [-0.05, 0) is 24.1 Å². The number of hydrogen-bond donors (Lipinski definition) is 1. The molecule has 1 rings (SSSR count). The predicted molar refractivity (Wildman–Crippen MR) is 60.6 cm³/mol. The first-order valence-electron chi connectivity index (χ1n) is 5.31. The van der Waals surface area contributed by atoms with E-state index in [1.54, 1.807) is 19.2 Å². The smallest absolute Gasteiger partial charge is 0.123 e. The molecule has 4 heteroatoms. The van der Waals surface area contributed by atoms with Crippen molar-refractivity contribution in [2.75, 3.05) is 26.9 Å². The first kappa shape index (κ1) is 13.1. The Kier molecular flexibility index (Phi) is 6.00. The fourth-order valence-electron chi connectivity index (χ4n) is 1.32. The molecule has 0 aliphatic heterocycles. The van der Waals surface area contributed by atoms with Crippen molar-refractivity contribution in [2.24, 2.45) is 5.73 Å². The summed E-state index contributed by atoms with van der Waals surface area (Å²) in [6.45, 7) is 1.75. The van der Waals surface area contributed by atoms with Crippen LogP contribution in [0.1, 0.15) is 18.0 Å². The number of rotatable bonds is 7.